The van der Waals surface area contributed by atoms with Crippen LogP contribution in [0.1, 0.15) is 30.6 Å². The summed E-state index contributed by atoms with van der Waals surface area (Å²) in [5.41, 5.74) is -0.189. The predicted octanol–water partition coefficient (Wildman–Crippen LogP) is 1.94. The van der Waals surface area contributed by atoms with Gasteiger partial charge in [-0.1, -0.05) is 20.3 Å². The van der Waals surface area contributed by atoms with E-state index in [2.05, 4.69) is 9.46 Å². The van der Waals surface area contributed by atoms with Crippen LogP contribution in [0.2, 0.25) is 0 Å². The van der Waals surface area contributed by atoms with Gasteiger partial charge in [-0.2, -0.15) is 0 Å². The van der Waals surface area contributed by atoms with Gasteiger partial charge < -0.3 is 4.74 Å². The Labute approximate surface area is 118 Å². The Morgan fingerprint density at radius 2 is 2.10 bits per heavy atom. The summed E-state index contributed by atoms with van der Waals surface area (Å²) in [5, 5.41) is 0. The van der Waals surface area contributed by atoms with E-state index in [0.717, 1.165) is 31.7 Å². The molecule has 0 radical (unpaired) electrons. The van der Waals surface area contributed by atoms with Crippen LogP contribution in [0, 0.1) is 11.7 Å². The topological polar surface area (TPSA) is 72.5 Å². The minimum atomic E-state index is -3.96. The molecule has 0 bridgehead atoms. The van der Waals surface area contributed by atoms with E-state index in [1.165, 1.54) is 0 Å². The number of methoxy groups -OCH3 is 1. The summed E-state index contributed by atoms with van der Waals surface area (Å²) >= 11 is 0. The van der Waals surface area contributed by atoms with Crippen LogP contribution in [-0.4, -0.2) is 28.0 Å². The lowest BCUT2D eigenvalue weighted by molar-refractivity contribution is 0.0596. The third kappa shape index (κ3) is 4.01. The van der Waals surface area contributed by atoms with Crippen molar-refractivity contribution in [3.8, 4) is 0 Å². The number of carbonyl (C=O) groups excluding carboxylic acids is 1. The molecule has 0 aliphatic carbocycles. The molecule has 0 saturated carbocycles. The highest BCUT2D eigenvalue weighted by Gasteiger charge is 2.24. The van der Waals surface area contributed by atoms with Crippen molar-refractivity contribution in [3.05, 3.63) is 29.6 Å². The zero-order chi connectivity index (χ0) is 15.3. The van der Waals surface area contributed by atoms with Crippen LogP contribution in [0.4, 0.5) is 4.39 Å². The highest BCUT2D eigenvalue weighted by Crippen LogP contribution is 2.18. The second-order valence-electron chi connectivity index (χ2n) is 4.50. The van der Waals surface area contributed by atoms with Crippen LogP contribution >= 0.6 is 0 Å². The molecule has 0 aromatic heterocycles. The van der Waals surface area contributed by atoms with Crippen molar-refractivity contribution in [2.24, 2.45) is 5.92 Å². The molecule has 0 aliphatic heterocycles. The van der Waals surface area contributed by atoms with Gasteiger partial charge >= 0.3 is 5.97 Å². The standard InChI is InChI=1S/C13H18FNO4S/c1-4-9(2)8-15-20(17,18)12-7-10(14)5-6-11(12)13(16)19-3/h5-7,9,15H,4,8H2,1-3H3. The number of hydrogen-bond donors (Lipinski definition) is 1. The molecule has 1 aromatic rings. The fourth-order valence-corrected chi connectivity index (χ4v) is 2.84. The average molecular weight is 303 g/mol. The monoisotopic (exact) mass is 303 g/mol. The number of ether oxygens (including phenoxy) is 1. The van der Waals surface area contributed by atoms with Gasteiger partial charge in [0.05, 0.1) is 17.6 Å². The van der Waals surface area contributed by atoms with Crippen molar-refractivity contribution in [2.45, 2.75) is 25.2 Å². The first-order valence-electron chi connectivity index (χ1n) is 6.19. The lowest BCUT2D eigenvalue weighted by Crippen LogP contribution is -2.29. The molecule has 1 aromatic carbocycles. The Morgan fingerprint density at radius 3 is 2.65 bits per heavy atom. The Kier molecular flexibility index (Phi) is 5.64. The number of rotatable bonds is 6. The second kappa shape index (κ2) is 6.81. The van der Waals surface area contributed by atoms with E-state index in [0.29, 0.717) is 0 Å². The first-order valence-corrected chi connectivity index (χ1v) is 7.67. The normalized spacial score (nSPS) is 13.0. The first kappa shape index (κ1) is 16.6. The number of halogens is 1. The van der Waals surface area contributed by atoms with Crippen LogP contribution in [0.5, 0.6) is 0 Å². The van der Waals surface area contributed by atoms with Gasteiger partial charge in [-0.3, -0.25) is 0 Å². The van der Waals surface area contributed by atoms with Gasteiger partial charge in [-0.25, -0.2) is 22.3 Å². The molecular weight excluding hydrogens is 285 g/mol. The molecule has 0 amide bonds. The second-order valence-corrected chi connectivity index (χ2v) is 6.23. The van der Waals surface area contributed by atoms with E-state index in [1.54, 1.807) is 0 Å². The Morgan fingerprint density at radius 1 is 1.45 bits per heavy atom. The molecule has 112 valence electrons. The zero-order valence-electron chi connectivity index (χ0n) is 11.6. The van der Waals surface area contributed by atoms with Gasteiger partial charge in [-0.15, -0.1) is 0 Å². The van der Waals surface area contributed by atoms with E-state index in [4.69, 9.17) is 0 Å². The maximum atomic E-state index is 13.3. The fourth-order valence-electron chi connectivity index (χ4n) is 1.47. The van der Waals surface area contributed by atoms with E-state index in [9.17, 15) is 17.6 Å². The molecule has 0 heterocycles. The van der Waals surface area contributed by atoms with Crippen LogP contribution < -0.4 is 4.72 Å². The maximum absolute atomic E-state index is 13.3. The van der Waals surface area contributed by atoms with Crippen molar-refractivity contribution in [3.63, 3.8) is 0 Å². The number of nitrogens with one attached hydrogen (secondary N) is 1. The minimum absolute atomic E-state index is 0.139. The maximum Gasteiger partial charge on any atom is 0.339 e. The summed E-state index contributed by atoms with van der Waals surface area (Å²) in [6.07, 6.45) is 0.801. The molecule has 1 rings (SSSR count). The summed E-state index contributed by atoms with van der Waals surface area (Å²) in [6.45, 7) is 4.03. The Balaban J connectivity index is 3.16. The quantitative estimate of drug-likeness (QED) is 0.815. The number of sulfonamides is 1. The summed E-state index contributed by atoms with van der Waals surface area (Å²) < 4.78 is 44.5. The van der Waals surface area contributed by atoms with E-state index in [1.807, 2.05) is 13.8 Å². The summed E-state index contributed by atoms with van der Waals surface area (Å²) in [4.78, 5) is 11.1. The lowest BCUT2D eigenvalue weighted by Gasteiger charge is -2.13. The SMILES string of the molecule is CCC(C)CNS(=O)(=O)c1cc(F)ccc1C(=O)OC. The summed E-state index contributed by atoms with van der Waals surface area (Å²) in [7, 11) is -2.83. The van der Waals surface area contributed by atoms with Gasteiger partial charge in [0, 0.05) is 6.54 Å². The molecule has 20 heavy (non-hydrogen) atoms. The number of hydrogen-bond acceptors (Lipinski definition) is 4. The third-order valence-electron chi connectivity index (χ3n) is 2.96. The molecule has 0 saturated heterocycles. The molecular formula is C13H18FNO4S. The molecule has 1 atom stereocenters. The van der Waals surface area contributed by atoms with Gasteiger partial charge in [0.1, 0.15) is 5.82 Å². The number of benzene rings is 1. The fraction of sp³-hybridized carbons (Fsp3) is 0.462. The van der Waals surface area contributed by atoms with Crippen molar-refractivity contribution in [1.82, 2.24) is 4.72 Å². The van der Waals surface area contributed by atoms with Gasteiger partial charge in [0.15, 0.2) is 0 Å². The molecule has 0 fully saturated rings. The number of esters is 1. The van der Waals surface area contributed by atoms with E-state index in [-0.39, 0.29) is 18.0 Å². The lowest BCUT2D eigenvalue weighted by atomic mass is 10.1. The largest absolute Gasteiger partial charge is 0.465 e. The Hall–Kier alpha value is -1.47. The van der Waals surface area contributed by atoms with Crippen LogP contribution in [0.25, 0.3) is 0 Å². The molecule has 0 spiro atoms. The van der Waals surface area contributed by atoms with Crippen molar-refractivity contribution in [2.75, 3.05) is 13.7 Å². The Bertz CT molecular complexity index is 586. The molecule has 5 nitrogen and oxygen atoms in total. The van der Waals surface area contributed by atoms with Gasteiger partial charge in [-0.05, 0) is 24.1 Å². The average Bonchev–Trinajstić information content (AvgIpc) is 2.43. The summed E-state index contributed by atoms with van der Waals surface area (Å²) in [6, 6.07) is 2.92. The van der Waals surface area contributed by atoms with Gasteiger partial charge in [0.2, 0.25) is 10.0 Å². The zero-order valence-corrected chi connectivity index (χ0v) is 12.5. The molecule has 1 N–H and O–H groups in total. The predicted molar refractivity (Wildman–Crippen MR) is 72.4 cm³/mol. The summed E-state index contributed by atoms with van der Waals surface area (Å²) in [5.74, 6) is -1.42. The number of carbonyl (C=O) groups is 1. The van der Waals surface area contributed by atoms with Crippen molar-refractivity contribution >= 4 is 16.0 Å². The smallest absolute Gasteiger partial charge is 0.339 e. The van der Waals surface area contributed by atoms with Crippen LogP contribution in [0.15, 0.2) is 23.1 Å². The third-order valence-corrected chi connectivity index (χ3v) is 4.42. The minimum Gasteiger partial charge on any atom is -0.465 e. The highest BCUT2D eigenvalue weighted by molar-refractivity contribution is 7.89. The highest BCUT2D eigenvalue weighted by atomic mass is 32.2. The van der Waals surface area contributed by atoms with Crippen LogP contribution in [-0.2, 0) is 14.8 Å². The first-order chi connectivity index (χ1) is 9.31. The van der Waals surface area contributed by atoms with E-state index < -0.39 is 26.7 Å². The van der Waals surface area contributed by atoms with Gasteiger partial charge in [0.25, 0.3) is 0 Å². The molecule has 1 unspecified atom stereocenters. The molecule has 7 heteroatoms. The van der Waals surface area contributed by atoms with Crippen LogP contribution in [0.3, 0.4) is 0 Å². The van der Waals surface area contributed by atoms with E-state index >= 15 is 0 Å². The van der Waals surface area contributed by atoms with Crippen molar-refractivity contribution < 1.29 is 22.3 Å². The molecule has 0 aliphatic rings. The van der Waals surface area contributed by atoms with Crippen molar-refractivity contribution in [1.29, 1.82) is 0 Å².